The van der Waals surface area contributed by atoms with E-state index >= 15 is 0 Å². The van der Waals surface area contributed by atoms with Gasteiger partial charge in [0.2, 0.25) is 11.7 Å². The highest BCUT2D eigenvalue weighted by Crippen LogP contribution is 2.29. The molecular weight excluding hydrogens is 357 g/mol. The van der Waals surface area contributed by atoms with Gasteiger partial charge in [0.15, 0.2) is 0 Å². The van der Waals surface area contributed by atoms with E-state index in [-0.39, 0.29) is 6.10 Å². The smallest absolute Gasteiger partial charge is 0.451 e. The third-order valence-corrected chi connectivity index (χ3v) is 5.09. The quantitative estimate of drug-likeness (QED) is 0.811. The van der Waals surface area contributed by atoms with Crippen molar-refractivity contribution in [2.24, 2.45) is 0 Å². The van der Waals surface area contributed by atoms with Crippen LogP contribution in [0.3, 0.4) is 0 Å². The van der Waals surface area contributed by atoms with Crippen LogP contribution in [0.15, 0.2) is 24.5 Å². The molecule has 1 fully saturated rings. The number of nitrogens with zero attached hydrogens (tertiary/aromatic N) is 4. The molecule has 4 rings (SSSR count). The molecule has 1 aliphatic carbocycles. The van der Waals surface area contributed by atoms with E-state index in [0.29, 0.717) is 37.6 Å². The number of ether oxygens (including phenoxy) is 1. The summed E-state index contributed by atoms with van der Waals surface area (Å²) in [5.41, 5.74) is 2.24. The highest BCUT2D eigenvalue weighted by Gasteiger charge is 2.35. The van der Waals surface area contributed by atoms with Crippen molar-refractivity contribution in [3.05, 3.63) is 47.2 Å². The summed E-state index contributed by atoms with van der Waals surface area (Å²) in [5, 5.41) is 0. The zero-order chi connectivity index (χ0) is 18.9. The first kappa shape index (κ1) is 18.2. The minimum Gasteiger partial charge on any atom is -0.474 e. The summed E-state index contributed by atoms with van der Waals surface area (Å²) in [7, 11) is 0. The third-order valence-electron chi connectivity index (χ3n) is 5.09. The number of rotatable bonds is 4. The lowest BCUT2D eigenvalue weighted by atomic mass is 10.1. The Labute approximate surface area is 155 Å². The monoisotopic (exact) mass is 378 g/mol. The van der Waals surface area contributed by atoms with Crippen LogP contribution >= 0.6 is 0 Å². The van der Waals surface area contributed by atoms with Gasteiger partial charge in [0.25, 0.3) is 0 Å². The van der Waals surface area contributed by atoms with Crippen LogP contribution in [0.2, 0.25) is 0 Å². The Kier molecular flexibility index (Phi) is 4.99. The molecule has 0 aromatic carbocycles. The molecule has 0 unspecified atom stereocenters. The van der Waals surface area contributed by atoms with Crippen molar-refractivity contribution in [1.82, 2.24) is 19.9 Å². The van der Waals surface area contributed by atoms with E-state index in [1.54, 1.807) is 6.20 Å². The van der Waals surface area contributed by atoms with Gasteiger partial charge in [-0.2, -0.15) is 13.2 Å². The first-order valence-electron chi connectivity index (χ1n) is 9.24. The van der Waals surface area contributed by atoms with Crippen LogP contribution in [0.1, 0.15) is 48.3 Å². The van der Waals surface area contributed by atoms with Gasteiger partial charge in [-0.3, -0.25) is 4.90 Å². The molecule has 5 nitrogen and oxygen atoms in total. The molecule has 0 atom stereocenters. The Hall–Kier alpha value is -2.22. The molecule has 1 saturated carbocycles. The maximum absolute atomic E-state index is 12.8. The van der Waals surface area contributed by atoms with Crippen LogP contribution in [0.5, 0.6) is 5.88 Å². The van der Waals surface area contributed by atoms with Gasteiger partial charge < -0.3 is 4.74 Å². The number of pyridine rings is 1. The maximum atomic E-state index is 12.8. The Bertz CT molecular complexity index is 806. The predicted molar refractivity (Wildman–Crippen MR) is 92.0 cm³/mol. The molecule has 0 amide bonds. The average Bonchev–Trinajstić information content (AvgIpc) is 3.15. The van der Waals surface area contributed by atoms with Gasteiger partial charge >= 0.3 is 6.18 Å². The summed E-state index contributed by atoms with van der Waals surface area (Å²) in [6.45, 7) is 1.79. The molecule has 2 aliphatic rings. The molecule has 1 aliphatic heterocycles. The van der Waals surface area contributed by atoms with Crippen molar-refractivity contribution in [3.8, 4) is 5.88 Å². The Morgan fingerprint density at radius 1 is 1.19 bits per heavy atom. The van der Waals surface area contributed by atoms with Crippen LogP contribution in [0.25, 0.3) is 0 Å². The molecule has 144 valence electrons. The summed E-state index contributed by atoms with van der Waals surface area (Å²) in [5.74, 6) is -0.395. The molecular formula is C19H21F3N4O. The predicted octanol–water partition coefficient (Wildman–Crippen LogP) is 3.77. The Balaban J connectivity index is 1.46. The number of hydrogen-bond acceptors (Lipinski definition) is 5. The molecule has 0 radical (unpaired) electrons. The normalized spacial score (nSPS) is 18.5. The second-order valence-electron chi connectivity index (χ2n) is 7.12. The van der Waals surface area contributed by atoms with Crippen LogP contribution < -0.4 is 4.74 Å². The second-order valence-corrected chi connectivity index (χ2v) is 7.12. The molecule has 2 aromatic heterocycles. The first-order valence-corrected chi connectivity index (χ1v) is 9.24. The van der Waals surface area contributed by atoms with Gasteiger partial charge in [0.05, 0.1) is 5.69 Å². The van der Waals surface area contributed by atoms with E-state index in [4.69, 9.17) is 4.74 Å². The van der Waals surface area contributed by atoms with Crippen LogP contribution in [-0.2, 0) is 25.7 Å². The lowest BCUT2D eigenvalue weighted by Crippen LogP contribution is -2.32. The SMILES string of the molecule is FC(F)(F)c1ncc2c(n1)CCN(Cc1cccnc1OC1CCCC1)C2. The standard InChI is InChI=1S/C19H21F3N4O/c20-19(21,22)18-24-10-14-12-26(9-7-16(14)25-18)11-13-4-3-8-23-17(13)27-15-5-1-2-6-15/h3-4,8,10,15H,1-2,5-7,9,11-12H2. The molecule has 2 aromatic rings. The van der Waals surface area contributed by atoms with Crippen molar-refractivity contribution in [3.63, 3.8) is 0 Å². The fraction of sp³-hybridized carbons (Fsp3) is 0.526. The molecule has 8 heteroatoms. The van der Waals surface area contributed by atoms with Crippen molar-refractivity contribution in [2.45, 2.75) is 57.5 Å². The molecule has 0 bridgehead atoms. The van der Waals surface area contributed by atoms with Gasteiger partial charge in [-0.15, -0.1) is 0 Å². The van der Waals surface area contributed by atoms with Crippen LogP contribution in [-0.4, -0.2) is 32.5 Å². The first-order chi connectivity index (χ1) is 13.0. The van der Waals surface area contributed by atoms with E-state index in [0.717, 1.165) is 24.0 Å². The highest BCUT2D eigenvalue weighted by molar-refractivity contribution is 5.27. The summed E-state index contributed by atoms with van der Waals surface area (Å²) >= 11 is 0. The summed E-state index contributed by atoms with van der Waals surface area (Å²) in [6, 6.07) is 3.88. The number of fused-ring (bicyclic) bond motifs is 1. The minimum atomic E-state index is -4.51. The summed E-state index contributed by atoms with van der Waals surface area (Å²) in [6.07, 6.45) is 3.73. The van der Waals surface area contributed by atoms with E-state index in [1.165, 1.54) is 19.0 Å². The van der Waals surface area contributed by atoms with Gasteiger partial charge in [-0.25, -0.2) is 15.0 Å². The number of aromatic nitrogens is 3. The highest BCUT2D eigenvalue weighted by atomic mass is 19.4. The molecule has 0 saturated heterocycles. The Morgan fingerprint density at radius 3 is 2.78 bits per heavy atom. The zero-order valence-electron chi connectivity index (χ0n) is 14.9. The average molecular weight is 378 g/mol. The van der Waals surface area contributed by atoms with Crippen molar-refractivity contribution in [2.75, 3.05) is 6.54 Å². The summed E-state index contributed by atoms with van der Waals surface area (Å²) in [4.78, 5) is 13.8. The van der Waals surface area contributed by atoms with Crippen molar-refractivity contribution >= 4 is 0 Å². The largest absolute Gasteiger partial charge is 0.474 e. The van der Waals surface area contributed by atoms with Crippen molar-refractivity contribution < 1.29 is 17.9 Å². The lowest BCUT2D eigenvalue weighted by molar-refractivity contribution is -0.145. The molecule has 0 spiro atoms. The van der Waals surface area contributed by atoms with Gasteiger partial charge in [0, 0.05) is 49.6 Å². The zero-order valence-corrected chi connectivity index (χ0v) is 14.9. The number of hydrogen-bond donors (Lipinski definition) is 0. The number of halogens is 3. The second kappa shape index (κ2) is 7.42. The van der Waals surface area contributed by atoms with E-state index in [2.05, 4.69) is 19.9 Å². The van der Waals surface area contributed by atoms with Gasteiger partial charge in [-0.05, 0) is 31.7 Å². The topological polar surface area (TPSA) is 51.1 Å². The van der Waals surface area contributed by atoms with Crippen molar-refractivity contribution in [1.29, 1.82) is 0 Å². The van der Waals surface area contributed by atoms with E-state index < -0.39 is 12.0 Å². The lowest BCUT2D eigenvalue weighted by Gasteiger charge is -2.28. The van der Waals surface area contributed by atoms with Gasteiger partial charge in [0.1, 0.15) is 6.10 Å². The van der Waals surface area contributed by atoms with Crippen LogP contribution in [0, 0.1) is 0 Å². The third kappa shape index (κ3) is 4.21. The van der Waals surface area contributed by atoms with E-state index in [9.17, 15) is 13.2 Å². The molecule has 3 heterocycles. The molecule has 27 heavy (non-hydrogen) atoms. The summed E-state index contributed by atoms with van der Waals surface area (Å²) < 4.78 is 44.4. The Morgan fingerprint density at radius 2 is 2.00 bits per heavy atom. The fourth-order valence-corrected chi connectivity index (χ4v) is 3.70. The molecule has 0 N–H and O–H groups in total. The van der Waals surface area contributed by atoms with E-state index in [1.807, 2.05) is 12.1 Å². The minimum absolute atomic E-state index is 0.231. The fourth-order valence-electron chi connectivity index (χ4n) is 3.70. The van der Waals surface area contributed by atoms with Crippen LogP contribution in [0.4, 0.5) is 13.2 Å². The maximum Gasteiger partial charge on any atom is 0.451 e. The van der Waals surface area contributed by atoms with Gasteiger partial charge in [-0.1, -0.05) is 6.07 Å². The number of alkyl halides is 3.